The molecule has 4 heteroatoms. The fourth-order valence-corrected chi connectivity index (χ4v) is 2.51. The molecule has 21 heavy (non-hydrogen) atoms. The third-order valence-electron chi connectivity index (χ3n) is 4.16. The number of hydrogen-bond acceptors (Lipinski definition) is 3. The predicted octanol–water partition coefficient (Wildman–Crippen LogP) is 2.64. The Morgan fingerprint density at radius 1 is 1.43 bits per heavy atom. The Morgan fingerprint density at radius 2 is 2.14 bits per heavy atom. The van der Waals surface area contributed by atoms with Crippen LogP contribution in [0.5, 0.6) is 0 Å². The molecule has 0 aromatic heterocycles. The summed E-state index contributed by atoms with van der Waals surface area (Å²) in [5.41, 5.74) is 2.80. The van der Waals surface area contributed by atoms with E-state index in [1.165, 1.54) is 12.8 Å². The molecule has 2 rings (SSSR count). The van der Waals surface area contributed by atoms with E-state index in [0.717, 1.165) is 23.4 Å². The Bertz CT molecular complexity index is 497. The van der Waals surface area contributed by atoms with Crippen molar-refractivity contribution in [2.24, 2.45) is 0 Å². The van der Waals surface area contributed by atoms with Crippen molar-refractivity contribution in [3.8, 4) is 0 Å². The Labute approximate surface area is 127 Å². The van der Waals surface area contributed by atoms with Crippen molar-refractivity contribution < 1.29 is 4.79 Å². The maximum Gasteiger partial charge on any atom is 0.253 e. The zero-order valence-electron chi connectivity index (χ0n) is 13.6. The molecule has 2 N–H and O–H groups in total. The van der Waals surface area contributed by atoms with Crippen molar-refractivity contribution in [3.63, 3.8) is 0 Å². The maximum atomic E-state index is 12.4. The molecule has 1 aliphatic carbocycles. The first-order chi connectivity index (χ1) is 10.0. The van der Waals surface area contributed by atoms with Crippen LogP contribution in [0.2, 0.25) is 0 Å². The van der Waals surface area contributed by atoms with E-state index < -0.39 is 0 Å². The fraction of sp³-hybridized carbons (Fsp3) is 0.588. The number of rotatable bonds is 7. The molecule has 0 aliphatic heterocycles. The number of nitrogens with zero attached hydrogens (tertiary/aromatic N) is 1. The van der Waals surface area contributed by atoms with Crippen LogP contribution in [0.15, 0.2) is 18.2 Å². The minimum Gasteiger partial charge on any atom is -0.385 e. The van der Waals surface area contributed by atoms with Crippen LogP contribution >= 0.6 is 0 Å². The monoisotopic (exact) mass is 289 g/mol. The molecular formula is C17H27N3O. The standard InChI is InChI=1S/C17H27N3O/c1-5-18-16-10-12(2)6-9-15(16)17(21)19-11-13(3)20(4)14-7-8-14/h6,9-10,13-14,18H,5,7-8,11H2,1-4H3,(H,19,21). The molecule has 4 nitrogen and oxygen atoms in total. The zero-order chi connectivity index (χ0) is 15.4. The second-order valence-corrected chi connectivity index (χ2v) is 6.04. The number of aryl methyl sites for hydroxylation is 1. The molecule has 0 saturated heterocycles. The number of nitrogens with one attached hydrogen (secondary N) is 2. The van der Waals surface area contributed by atoms with Gasteiger partial charge < -0.3 is 10.6 Å². The summed E-state index contributed by atoms with van der Waals surface area (Å²) in [6, 6.07) is 6.99. The van der Waals surface area contributed by atoms with E-state index in [4.69, 9.17) is 0 Å². The lowest BCUT2D eigenvalue weighted by Gasteiger charge is -2.24. The summed E-state index contributed by atoms with van der Waals surface area (Å²) in [4.78, 5) is 14.8. The molecule has 1 fully saturated rings. The number of benzene rings is 1. The second-order valence-electron chi connectivity index (χ2n) is 6.04. The van der Waals surface area contributed by atoms with E-state index >= 15 is 0 Å². The van der Waals surface area contributed by atoms with Gasteiger partial charge in [0, 0.05) is 30.9 Å². The van der Waals surface area contributed by atoms with Gasteiger partial charge in [0.25, 0.3) is 5.91 Å². The van der Waals surface area contributed by atoms with E-state index in [-0.39, 0.29) is 5.91 Å². The molecule has 1 aromatic rings. The summed E-state index contributed by atoms with van der Waals surface area (Å²) >= 11 is 0. The van der Waals surface area contributed by atoms with Gasteiger partial charge in [-0.05, 0) is 58.4 Å². The molecule has 1 saturated carbocycles. The molecule has 1 amide bonds. The molecule has 1 atom stereocenters. The van der Waals surface area contributed by atoms with Gasteiger partial charge in [0.15, 0.2) is 0 Å². The number of amides is 1. The van der Waals surface area contributed by atoms with Crippen LogP contribution in [0.1, 0.15) is 42.6 Å². The van der Waals surface area contributed by atoms with E-state index in [1.54, 1.807) is 0 Å². The van der Waals surface area contributed by atoms with E-state index in [9.17, 15) is 4.79 Å². The minimum absolute atomic E-state index is 0.00185. The molecule has 0 spiro atoms. The van der Waals surface area contributed by atoms with Crippen LogP contribution in [0.25, 0.3) is 0 Å². The Kier molecular flexibility index (Phi) is 5.23. The number of hydrogen-bond donors (Lipinski definition) is 2. The fourth-order valence-electron chi connectivity index (χ4n) is 2.51. The van der Waals surface area contributed by atoms with Gasteiger partial charge in [0.2, 0.25) is 0 Å². The van der Waals surface area contributed by atoms with Crippen LogP contribution in [0, 0.1) is 6.92 Å². The Hall–Kier alpha value is -1.55. The Balaban J connectivity index is 1.96. The molecule has 0 heterocycles. The summed E-state index contributed by atoms with van der Waals surface area (Å²) in [6.07, 6.45) is 2.58. The lowest BCUT2D eigenvalue weighted by molar-refractivity contribution is 0.0940. The van der Waals surface area contributed by atoms with Crippen molar-refractivity contribution in [2.45, 2.75) is 45.7 Å². The molecule has 0 bridgehead atoms. The third kappa shape index (κ3) is 4.21. The van der Waals surface area contributed by atoms with Crippen molar-refractivity contribution in [1.82, 2.24) is 10.2 Å². The highest BCUT2D eigenvalue weighted by atomic mass is 16.1. The molecule has 0 radical (unpaired) electrons. The van der Waals surface area contributed by atoms with Gasteiger partial charge in [-0.3, -0.25) is 9.69 Å². The normalized spacial score (nSPS) is 15.9. The highest BCUT2D eigenvalue weighted by Crippen LogP contribution is 2.26. The van der Waals surface area contributed by atoms with E-state index in [1.807, 2.05) is 32.0 Å². The van der Waals surface area contributed by atoms with Gasteiger partial charge in [-0.15, -0.1) is 0 Å². The summed E-state index contributed by atoms with van der Waals surface area (Å²) in [6.45, 7) is 7.74. The largest absolute Gasteiger partial charge is 0.385 e. The van der Waals surface area contributed by atoms with Crippen molar-refractivity contribution in [1.29, 1.82) is 0 Å². The van der Waals surface area contributed by atoms with Gasteiger partial charge in [-0.2, -0.15) is 0 Å². The lowest BCUT2D eigenvalue weighted by atomic mass is 10.1. The number of carbonyl (C=O) groups is 1. The highest BCUT2D eigenvalue weighted by molar-refractivity contribution is 5.99. The second kappa shape index (κ2) is 6.94. The summed E-state index contributed by atoms with van der Waals surface area (Å²) in [7, 11) is 2.14. The number of carbonyl (C=O) groups excluding carboxylic acids is 1. The van der Waals surface area contributed by atoms with E-state index in [2.05, 4.69) is 29.5 Å². The van der Waals surface area contributed by atoms with Gasteiger partial charge >= 0.3 is 0 Å². The highest BCUT2D eigenvalue weighted by Gasteiger charge is 2.29. The summed E-state index contributed by atoms with van der Waals surface area (Å²) in [5, 5.41) is 6.33. The molecule has 1 aromatic carbocycles. The maximum absolute atomic E-state index is 12.4. The minimum atomic E-state index is 0.00185. The average molecular weight is 289 g/mol. The van der Waals surface area contributed by atoms with Gasteiger partial charge in [0.1, 0.15) is 0 Å². The van der Waals surface area contributed by atoms with Crippen molar-refractivity contribution >= 4 is 11.6 Å². The lowest BCUT2D eigenvalue weighted by Crippen LogP contribution is -2.41. The quantitative estimate of drug-likeness (QED) is 0.811. The third-order valence-corrected chi connectivity index (χ3v) is 4.16. The number of likely N-dealkylation sites (N-methyl/N-ethyl adjacent to an activating group) is 1. The SMILES string of the molecule is CCNc1cc(C)ccc1C(=O)NCC(C)N(C)C1CC1. The first-order valence-electron chi connectivity index (χ1n) is 7.87. The van der Waals surface area contributed by atoms with Gasteiger partial charge in [-0.25, -0.2) is 0 Å². The van der Waals surface area contributed by atoms with Crippen LogP contribution in [-0.4, -0.2) is 43.0 Å². The molecule has 1 aliphatic rings. The topological polar surface area (TPSA) is 44.4 Å². The van der Waals surface area contributed by atoms with Crippen LogP contribution < -0.4 is 10.6 Å². The zero-order valence-corrected chi connectivity index (χ0v) is 13.6. The first kappa shape index (κ1) is 15.8. The Morgan fingerprint density at radius 3 is 2.76 bits per heavy atom. The van der Waals surface area contributed by atoms with Gasteiger partial charge in [-0.1, -0.05) is 6.07 Å². The summed E-state index contributed by atoms with van der Waals surface area (Å²) in [5.74, 6) is 0.00185. The molecule has 1 unspecified atom stereocenters. The van der Waals surface area contributed by atoms with Crippen molar-refractivity contribution in [3.05, 3.63) is 29.3 Å². The summed E-state index contributed by atoms with van der Waals surface area (Å²) < 4.78 is 0. The van der Waals surface area contributed by atoms with Gasteiger partial charge in [0.05, 0.1) is 5.56 Å². The van der Waals surface area contributed by atoms with E-state index in [0.29, 0.717) is 18.6 Å². The molecular weight excluding hydrogens is 262 g/mol. The molecule has 116 valence electrons. The van der Waals surface area contributed by atoms with Crippen LogP contribution in [0.3, 0.4) is 0 Å². The number of anilines is 1. The van der Waals surface area contributed by atoms with Crippen LogP contribution in [-0.2, 0) is 0 Å². The first-order valence-corrected chi connectivity index (χ1v) is 7.87. The smallest absolute Gasteiger partial charge is 0.253 e. The van der Waals surface area contributed by atoms with Crippen molar-refractivity contribution in [2.75, 3.05) is 25.5 Å². The average Bonchev–Trinajstić information content (AvgIpc) is 3.28. The predicted molar refractivity (Wildman–Crippen MR) is 87.9 cm³/mol. The van der Waals surface area contributed by atoms with Crippen LogP contribution in [0.4, 0.5) is 5.69 Å².